The zero-order chi connectivity index (χ0) is 13.8. The smallest absolute Gasteiger partial charge is 0.123 e. The van der Waals surface area contributed by atoms with E-state index in [1.54, 1.807) is 12.1 Å². The summed E-state index contributed by atoms with van der Waals surface area (Å²) in [6.45, 7) is 9.10. The molecule has 2 unspecified atom stereocenters. The Morgan fingerprint density at radius 1 is 1.28 bits per heavy atom. The number of nitrogens with one attached hydrogen (secondary N) is 1. The second-order valence-corrected chi connectivity index (χ2v) is 6.32. The Hall–Kier alpha value is -0.890. The number of hydrogen-bond donors (Lipinski definition) is 1. The molecular formula is C16H26FN. The van der Waals surface area contributed by atoms with Gasteiger partial charge >= 0.3 is 0 Å². The van der Waals surface area contributed by atoms with Crippen LogP contribution in [0.3, 0.4) is 0 Å². The molecule has 0 heterocycles. The minimum atomic E-state index is -0.147. The van der Waals surface area contributed by atoms with Crippen molar-refractivity contribution < 1.29 is 4.39 Å². The molecule has 1 rings (SSSR count). The molecule has 0 amide bonds. The Kier molecular flexibility index (Phi) is 5.33. The van der Waals surface area contributed by atoms with Gasteiger partial charge in [-0.05, 0) is 48.9 Å². The summed E-state index contributed by atoms with van der Waals surface area (Å²) >= 11 is 0. The van der Waals surface area contributed by atoms with Crippen LogP contribution in [0.25, 0.3) is 0 Å². The second kappa shape index (κ2) is 6.33. The van der Waals surface area contributed by atoms with Crippen molar-refractivity contribution in [2.24, 2.45) is 11.3 Å². The zero-order valence-corrected chi connectivity index (χ0v) is 12.3. The molecule has 0 spiro atoms. The predicted molar refractivity (Wildman–Crippen MR) is 76.2 cm³/mol. The summed E-state index contributed by atoms with van der Waals surface area (Å²) in [6, 6.07) is 7.31. The van der Waals surface area contributed by atoms with E-state index in [-0.39, 0.29) is 5.82 Å². The second-order valence-electron chi connectivity index (χ2n) is 6.32. The third kappa shape index (κ3) is 4.77. The zero-order valence-electron chi connectivity index (χ0n) is 12.3. The van der Waals surface area contributed by atoms with Crippen LogP contribution in [0.15, 0.2) is 24.3 Å². The van der Waals surface area contributed by atoms with Gasteiger partial charge in [0.2, 0.25) is 0 Å². The molecule has 0 saturated heterocycles. The van der Waals surface area contributed by atoms with Gasteiger partial charge in [-0.15, -0.1) is 0 Å². The van der Waals surface area contributed by atoms with Gasteiger partial charge in [0.1, 0.15) is 5.82 Å². The third-order valence-corrected chi connectivity index (χ3v) is 3.90. The highest BCUT2D eigenvalue weighted by molar-refractivity contribution is 5.17. The van der Waals surface area contributed by atoms with Crippen LogP contribution >= 0.6 is 0 Å². The summed E-state index contributed by atoms with van der Waals surface area (Å²) in [5.41, 5.74) is 1.38. The van der Waals surface area contributed by atoms with Gasteiger partial charge in [-0.25, -0.2) is 4.39 Å². The number of benzene rings is 1. The maximum atomic E-state index is 13.2. The summed E-state index contributed by atoms with van der Waals surface area (Å²) in [5.74, 6) is 0.481. The van der Waals surface area contributed by atoms with Crippen LogP contribution in [-0.4, -0.2) is 13.1 Å². The van der Waals surface area contributed by atoms with Gasteiger partial charge in [-0.3, -0.25) is 0 Å². The van der Waals surface area contributed by atoms with Gasteiger partial charge in [0.25, 0.3) is 0 Å². The summed E-state index contributed by atoms with van der Waals surface area (Å²) in [7, 11) is 1.99. The third-order valence-electron chi connectivity index (χ3n) is 3.90. The number of hydrogen-bond acceptors (Lipinski definition) is 1. The largest absolute Gasteiger partial charge is 0.317 e. The molecule has 1 N–H and O–H groups in total. The van der Waals surface area contributed by atoms with Crippen LogP contribution in [-0.2, 0) is 6.42 Å². The first-order valence-corrected chi connectivity index (χ1v) is 6.74. The maximum Gasteiger partial charge on any atom is 0.123 e. The van der Waals surface area contributed by atoms with Crippen molar-refractivity contribution >= 4 is 0 Å². The molecule has 2 atom stereocenters. The molecule has 2 heteroatoms. The predicted octanol–water partition coefficient (Wildman–Crippen LogP) is 4.03. The van der Waals surface area contributed by atoms with E-state index >= 15 is 0 Å². The number of likely N-dealkylation sites (N-methyl/N-ethyl adjacent to an activating group) is 1. The highest BCUT2D eigenvalue weighted by atomic mass is 19.1. The molecule has 0 aliphatic rings. The van der Waals surface area contributed by atoms with Crippen molar-refractivity contribution in [3.8, 4) is 0 Å². The molecule has 102 valence electrons. The molecule has 0 fully saturated rings. The minimum absolute atomic E-state index is 0.147. The van der Waals surface area contributed by atoms with Crippen LogP contribution in [0.4, 0.5) is 4.39 Å². The fraction of sp³-hybridized carbons (Fsp3) is 0.625. The fourth-order valence-electron chi connectivity index (χ4n) is 2.03. The van der Waals surface area contributed by atoms with Gasteiger partial charge in [0.15, 0.2) is 0 Å². The van der Waals surface area contributed by atoms with E-state index in [9.17, 15) is 4.39 Å². The molecule has 0 aliphatic carbocycles. The summed E-state index contributed by atoms with van der Waals surface area (Å²) in [6.07, 6.45) is 1.99. The number of halogens is 1. The fourth-order valence-corrected chi connectivity index (χ4v) is 2.03. The molecule has 0 bridgehead atoms. The SMILES string of the molecule is CNC(Cc1cccc(F)c1)CC(C)C(C)(C)C. The van der Waals surface area contributed by atoms with E-state index in [0.29, 0.717) is 17.4 Å². The van der Waals surface area contributed by atoms with E-state index in [2.05, 4.69) is 33.0 Å². The lowest BCUT2D eigenvalue weighted by Gasteiger charge is -2.30. The molecule has 0 aliphatic heterocycles. The monoisotopic (exact) mass is 251 g/mol. The molecule has 1 aromatic rings. The van der Waals surface area contributed by atoms with E-state index in [1.165, 1.54) is 6.07 Å². The van der Waals surface area contributed by atoms with Crippen molar-refractivity contribution in [1.82, 2.24) is 5.32 Å². The first-order valence-electron chi connectivity index (χ1n) is 6.74. The molecule has 0 radical (unpaired) electrons. The van der Waals surface area contributed by atoms with Crippen LogP contribution in [0, 0.1) is 17.2 Å². The Morgan fingerprint density at radius 3 is 2.44 bits per heavy atom. The average molecular weight is 251 g/mol. The molecule has 18 heavy (non-hydrogen) atoms. The van der Waals surface area contributed by atoms with Crippen molar-refractivity contribution in [2.75, 3.05) is 7.05 Å². The quantitative estimate of drug-likeness (QED) is 0.833. The van der Waals surface area contributed by atoms with Crippen molar-refractivity contribution in [1.29, 1.82) is 0 Å². The highest BCUT2D eigenvalue weighted by Crippen LogP contribution is 2.29. The van der Waals surface area contributed by atoms with Gasteiger partial charge in [0.05, 0.1) is 0 Å². The first kappa shape index (κ1) is 15.2. The van der Waals surface area contributed by atoms with Crippen LogP contribution in [0.2, 0.25) is 0 Å². The summed E-state index contributed by atoms with van der Waals surface area (Å²) in [5, 5.41) is 3.35. The van der Waals surface area contributed by atoms with Crippen molar-refractivity contribution in [3.63, 3.8) is 0 Å². The van der Waals surface area contributed by atoms with E-state index < -0.39 is 0 Å². The lowest BCUT2D eigenvalue weighted by Crippen LogP contribution is -2.33. The van der Waals surface area contributed by atoms with Gasteiger partial charge < -0.3 is 5.32 Å². The molecule has 0 aromatic heterocycles. The number of rotatable bonds is 5. The lowest BCUT2D eigenvalue weighted by molar-refractivity contribution is 0.225. The molecule has 1 aromatic carbocycles. The molecule has 0 saturated carbocycles. The van der Waals surface area contributed by atoms with Crippen LogP contribution in [0.1, 0.15) is 39.7 Å². The van der Waals surface area contributed by atoms with Crippen molar-refractivity contribution in [3.05, 3.63) is 35.6 Å². The summed E-state index contributed by atoms with van der Waals surface area (Å²) < 4.78 is 13.2. The highest BCUT2D eigenvalue weighted by Gasteiger charge is 2.23. The molecular weight excluding hydrogens is 225 g/mol. The average Bonchev–Trinajstić information content (AvgIpc) is 2.26. The van der Waals surface area contributed by atoms with Crippen molar-refractivity contribution in [2.45, 2.75) is 46.6 Å². The lowest BCUT2D eigenvalue weighted by atomic mass is 9.78. The molecule has 1 nitrogen and oxygen atoms in total. The van der Waals surface area contributed by atoms with Gasteiger partial charge in [-0.1, -0.05) is 39.8 Å². The summed E-state index contributed by atoms with van der Waals surface area (Å²) in [4.78, 5) is 0. The van der Waals surface area contributed by atoms with E-state index in [0.717, 1.165) is 18.4 Å². The normalized spacial score (nSPS) is 15.4. The Morgan fingerprint density at radius 2 is 1.94 bits per heavy atom. The minimum Gasteiger partial charge on any atom is -0.317 e. The standard InChI is InChI=1S/C16H26FN/c1-12(16(2,3)4)9-15(18-5)11-13-7-6-8-14(17)10-13/h6-8,10,12,15,18H,9,11H2,1-5H3. The van der Waals surface area contributed by atoms with Gasteiger partial charge in [-0.2, -0.15) is 0 Å². The Balaban J connectivity index is 2.63. The van der Waals surface area contributed by atoms with E-state index in [4.69, 9.17) is 0 Å². The Bertz CT molecular complexity index is 368. The Labute approximate surface area is 111 Å². The topological polar surface area (TPSA) is 12.0 Å². The van der Waals surface area contributed by atoms with Crippen LogP contribution in [0.5, 0.6) is 0 Å². The van der Waals surface area contributed by atoms with E-state index in [1.807, 2.05) is 13.1 Å². The maximum absolute atomic E-state index is 13.2. The van der Waals surface area contributed by atoms with Crippen LogP contribution < -0.4 is 5.32 Å². The van der Waals surface area contributed by atoms with Gasteiger partial charge in [0, 0.05) is 6.04 Å². The first-order chi connectivity index (χ1) is 8.32.